The summed E-state index contributed by atoms with van der Waals surface area (Å²) in [6, 6.07) is 6.02. The lowest BCUT2D eigenvalue weighted by Gasteiger charge is -2.45. The molecule has 3 heteroatoms. The molecule has 0 aliphatic carbocycles. The summed E-state index contributed by atoms with van der Waals surface area (Å²) >= 11 is 0. The second-order valence-corrected chi connectivity index (χ2v) is 12.0. The molecule has 0 bridgehead atoms. The zero-order valence-corrected chi connectivity index (χ0v) is 14.6. The summed E-state index contributed by atoms with van der Waals surface area (Å²) in [7, 11) is -2.93. The van der Waals surface area contributed by atoms with Gasteiger partial charge in [0.05, 0.1) is 0 Å². The van der Waals surface area contributed by atoms with Crippen molar-refractivity contribution in [1.82, 2.24) is 0 Å². The van der Waals surface area contributed by atoms with Crippen LogP contribution in [0.5, 0.6) is 5.75 Å². The van der Waals surface area contributed by atoms with Crippen molar-refractivity contribution in [3.63, 3.8) is 0 Å². The molecule has 2 nitrogen and oxygen atoms in total. The van der Waals surface area contributed by atoms with Gasteiger partial charge in [-0.25, -0.2) is 0 Å². The Morgan fingerprint density at radius 1 is 0.895 bits per heavy atom. The molecule has 0 aliphatic rings. The van der Waals surface area contributed by atoms with Gasteiger partial charge in [-0.15, -0.1) is 0 Å². The Kier molecular flexibility index (Phi) is 4.23. The van der Waals surface area contributed by atoms with Gasteiger partial charge in [0.2, 0.25) is 0 Å². The third-order valence-corrected chi connectivity index (χ3v) is 8.37. The van der Waals surface area contributed by atoms with Crippen molar-refractivity contribution in [2.45, 2.75) is 65.5 Å². The Labute approximate surface area is 119 Å². The average Bonchev–Trinajstić information content (AvgIpc) is 2.20. The van der Waals surface area contributed by atoms with Gasteiger partial charge in [0, 0.05) is 10.1 Å². The number of rotatable bonds is 2. The van der Waals surface area contributed by atoms with E-state index in [1.807, 2.05) is 18.2 Å². The molecule has 0 aliphatic heterocycles. The highest BCUT2D eigenvalue weighted by molar-refractivity contribution is 6.72. The highest BCUT2D eigenvalue weighted by atomic mass is 28.4. The van der Waals surface area contributed by atoms with Crippen molar-refractivity contribution in [2.24, 2.45) is 0 Å². The third kappa shape index (κ3) is 3.21. The SMILES string of the molecule is Cc1ccc(O[Si](O)(C(C)(C)C)C(C)(C)C)cc1C. The lowest BCUT2D eigenvalue weighted by Crippen LogP contribution is -2.57. The van der Waals surface area contributed by atoms with Crippen LogP contribution < -0.4 is 4.43 Å². The summed E-state index contributed by atoms with van der Waals surface area (Å²) in [6.45, 7) is 16.5. The molecule has 0 heterocycles. The number of benzene rings is 1. The van der Waals surface area contributed by atoms with E-state index in [0.29, 0.717) is 0 Å². The van der Waals surface area contributed by atoms with Crippen LogP contribution in [-0.4, -0.2) is 13.4 Å². The summed E-state index contributed by atoms with van der Waals surface area (Å²) in [5.74, 6) is 0.780. The molecule has 1 aromatic rings. The largest absolute Gasteiger partial charge is 0.520 e. The van der Waals surface area contributed by atoms with Gasteiger partial charge in [0.25, 0.3) is 0 Å². The lowest BCUT2D eigenvalue weighted by atomic mass is 10.1. The second kappa shape index (κ2) is 4.95. The van der Waals surface area contributed by atoms with Gasteiger partial charge < -0.3 is 9.22 Å². The van der Waals surface area contributed by atoms with E-state index in [9.17, 15) is 4.80 Å². The van der Waals surface area contributed by atoms with Gasteiger partial charge >= 0.3 is 8.56 Å². The summed E-state index contributed by atoms with van der Waals surface area (Å²) in [5, 5.41) is -0.492. The van der Waals surface area contributed by atoms with Gasteiger partial charge in [0.1, 0.15) is 5.75 Å². The maximum absolute atomic E-state index is 11.2. The van der Waals surface area contributed by atoms with E-state index in [1.165, 1.54) is 11.1 Å². The molecule has 0 aromatic heterocycles. The first-order valence-electron chi connectivity index (χ1n) is 6.87. The maximum atomic E-state index is 11.2. The minimum Gasteiger partial charge on any atom is -0.520 e. The summed E-state index contributed by atoms with van der Waals surface area (Å²) in [6.07, 6.45) is 0. The lowest BCUT2D eigenvalue weighted by molar-refractivity contribution is 0.284. The Hall–Kier alpha value is -0.803. The van der Waals surface area contributed by atoms with Crippen LogP contribution in [0.15, 0.2) is 18.2 Å². The molecule has 19 heavy (non-hydrogen) atoms. The zero-order valence-electron chi connectivity index (χ0n) is 13.6. The number of hydrogen-bond acceptors (Lipinski definition) is 2. The normalized spacial score (nSPS) is 13.5. The van der Waals surface area contributed by atoms with E-state index in [4.69, 9.17) is 4.43 Å². The smallest absolute Gasteiger partial charge is 0.407 e. The van der Waals surface area contributed by atoms with E-state index in [1.54, 1.807) is 0 Å². The second-order valence-electron chi connectivity index (χ2n) is 7.49. The Morgan fingerprint density at radius 3 is 1.74 bits per heavy atom. The quantitative estimate of drug-likeness (QED) is 0.794. The van der Waals surface area contributed by atoms with Gasteiger partial charge in [-0.2, -0.15) is 0 Å². The highest BCUT2D eigenvalue weighted by Crippen LogP contribution is 2.49. The molecule has 0 atom stereocenters. The third-order valence-electron chi connectivity index (χ3n) is 3.78. The highest BCUT2D eigenvalue weighted by Gasteiger charge is 2.57. The average molecular weight is 280 g/mol. The first kappa shape index (κ1) is 16.3. The van der Waals surface area contributed by atoms with E-state index < -0.39 is 8.56 Å². The Bertz CT molecular complexity index is 439. The van der Waals surface area contributed by atoms with Crippen LogP contribution in [0.25, 0.3) is 0 Å². The minimum atomic E-state index is -2.93. The zero-order chi connectivity index (χ0) is 15.1. The molecular formula is C16H28O2Si. The molecule has 1 aromatic carbocycles. The maximum Gasteiger partial charge on any atom is 0.407 e. The van der Waals surface area contributed by atoms with Crippen molar-refractivity contribution in [3.8, 4) is 5.75 Å². The molecular weight excluding hydrogens is 252 g/mol. The van der Waals surface area contributed by atoms with Crippen molar-refractivity contribution in [1.29, 1.82) is 0 Å². The Balaban J connectivity index is 3.20. The molecule has 0 saturated heterocycles. The molecule has 1 rings (SSSR count). The van der Waals surface area contributed by atoms with Crippen LogP contribution in [0.4, 0.5) is 0 Å². The van der Waals surface area contributed by atoms with Crippen LogP contribution in [0.1, 0.15) is 52.7 Å². The van der Waals surface area contributed by atoms with Crippen LogP contribution in [0.2, 0.25) is 10.1 Å². The van der Waals surface area contributed by atoms with Crippen LogP contribution in [0, 0.1) is 13.8 Å². The van der Waals surface area contributed by atoms with Crippen molar-refractivity contribution in [2.75, 3.05) is 0 Å². The molecule has 0 spiro atoms. The molecule has 0 unspecified atom stereocenters. The van der Waals surface area contributed by atoms with E-state index in [0.717, 1.165) is 5.75 Å². The fourth-order valence-corrected chi connectivity index (χ4v) is 5.71. The first-order chi connectivity index (χ1) is 8.38. The molecule has 1 N–H and O–H groups in total. The van der Waals surface area contributed by atoms with Crippen LogP contribution in [-0.2, 0) is 0 Å². The number of aryl methyl sites for hydroxylation is 2. The monoisotopic (exact) mass is 280 g/mol. The predicted molar refractivity (Wildman–Crippen MR) is 83.9 cm³/mol. The van der Waals surface area contributed by atoms with Gasteiger partial charge in [-0.05, 0) is 37.1 Å². The molecule has 0 fully saturated rings. The van der Waals surface area contributed by atoms with Gasteiger partial charge in [-0.1, -0.05) is 47.6 Å². The molecule has 108 valence electrons. The van der Waals surface area contributed by atoms with Crippen molar-refractivity contribution < 1.29 is 9.22 Å². The van der Waals surface area contributed by atoms with Gasteiger partial charge in [-0.3, -0.25) is 0 Å². The molecule has 0 radical (unpaired) electrons. The first-order valence-corrected chi connectivity index (χ1v) is 8.73. The number of hydrogen-bond donors (Lipinski definition) is 1. The van der Waals surface area contributed by atoms with Gasteiger partial charge in [0.15, 0.2) is 0 Å². The van der Waals surface area contributed by atoms with Crippen molar-refractivity contribution >= 4 is 8.56 Å². The fraction of sp³-hybridized carbons (Fsp3) is 0.625. The topological polar surface area (TPSA) is 29.5 Å². The van der Waals surface area contributed by atoms with E-state index >= 15 is 0 Å². The predicted octanol–water partition coefficient (Wildman–Crippen LogP) is 4.72. The summed E-state index contributed by atoms with van der Waals surface area (Å²) in [4.78, 5) is 11.2. The van der Waals surface area contributed by atoms with E-state index in [-0.39, 0.29) is 10.1 Å². The standard InChI is InChI=1S/C16H28O2Si/c1-12-9-10-14(11-13(12)2)18-19(17,15(3,4)5)16(6,7)8/h9-11,17H,1-8H3. The summed E-state index contributed by atoms with van der Waals surface area (Å²) < 4.78 is 6.16. The molecule has 0 amide bonds. The summed E-state index contributed by atoms with van der Waals surface area (Å²) in [5.41, 5.74) is 2.43. The van der Waals surface area contributed by atoms with Crippen LogP contribution >= 0.6 is 0 Å². The van der Waals surface area contributed by atoms with E-state index in [2.05, 4.69) is 55.4 Å². The van der Waals surface area contributed by atoms with Crippen LogP contribution in [0.3, 0.4) is 0 Å². The molecule has 0 saturated carbocycles. The minimum absolute atomic E-state index is 0.246. The van der Waals surface area contributed by atoms with Crippen molar-refractivity contribution in [3.05, 3.63) is 29.3 Å². The Morgan fingerprint density at radius 2 is 1.37 bits per heavy atom. The fourth-order valence-electron chi connectivity index (χ4n) is 2.38.